The van der Waals surface area contributed by atoms with Gasteiger partial charge in [-0.25, -0.2) is 0 Å². The summed E-state index contributed by atoms with van der Waals surface area (Å²) in [5.41, 5.74) is 0.274. The minimum Gasteiger partial charge on any atom is -0.508 e. The van der Waals surface area contributed by atoms with Crippen molar-refractivity contribution in [3.63, 3.8) is 0 Å². The van der Waals surface area contributed by atoms with Gasteiger partial charge in [0.25, 0.3) is 5.91 Å². The van der Waals surface area contributed by atoms with Gasteiger partial charge < -0.3 is 20.1 Å². The third-order valence-electron chi connectivity index (χ3n) is 8.37. The van der Waals surface area contributed by atoms with Crippen LogP contribution in [0, 0.1) is 23.2 Å². The highest BCUT2D eigenvalue weighted by Gasteiger charge is 2.51. The lowest BCUT2D eigenvalue weighted by molar-refractivity contribution is -0.139. The normalized spacial score (nSPS) is 32.5. The second kappa shape index (κ2) is 8.60. The van der Waals surface area contributed by atoms with Crippen LogP contribution in [0.2, 0.25) is 0 Å². The van der Waals surface area contributed by atoms with E-state index in [9.17, 15) is 14.7 Å². The first-order valence-electron chi connectivity index (χ1n) is 12.4. The fraction of sp³-hybridized carbons (Fsp3) is 0.692. The summed E-state index contributed by atoms with van der Waals surface area (Å²) in [4.78, 5) is 27.5. The van der Waals surface area contributed by atoms with Gasteiger partial charge in [-0.15, -0.1) is 0 Å². The van der Waals surface area contributed by atoms with Gasteiger partial charge in [0, 0.05) is 25.6 Å². The molecule has 1 aromatic rings. The topological polar surface area (TPSA) is 78.9 Å². The van der Waals surface area contributed by atoms with Gasteiger partial charge >= 0.3 is 0 Å². The highest BCUT2D eigenvalue weighted by atomic mass is 16.5. The number of ether oxygens (including phenoxy) is 1. The second-order valence-electron chi connectivity index (χ2n) is 11.0. The smallest absolute Gasteiger partial charge is 0.263 e. The van der Waals surface area contributed by atoms with Crippen LogP contribution in [-0.4, -0.2) is 47.1 Å². The first-order chi connectivity index (χ1) is 15.4. The average Bonchev–Trinajstić information content (AvgIpc) is 2.74. The lowest BCUT2D eigenvalue weighted by Crippen LogP contribution is -2.51. The van der Waals surface area contributed by atoms with Gasteiger partial charge in [-0.05, 0) is 106 Å². The minimum absolute atomic E-state index is 0.0311. The Morgan fingerprint density at radius 3 is 2.19 bits per heavy atom. The van der Waals surface area contributed by atoms with Crippen molar-refractivity contribution < 1.29 is 19.4 Å². The first-order valence-corrected chi connectivity index (χ1v) is 12.4. The maximum Gasteiger partial charge on any atom is 0.263 e. The van der Waals surface area contributed by atoms with E-state index >= 15 is 0 Å². The van der Waals surface area contributed by atoms with Crippen LogP contribution in [0.4, 0.5) is 0 Å². The molecule has 6 nitrogen and oxygen atoms in total. The Kier molecular flexibility index (Phi) is 5.81. The molecule has 2 N–H and O–H groups in total. The van der Waals surface area contributed by atoms with Crippen molar-refractivity contribution in [3.8, 4) is 11.5 Å². The van der Waals surface area contributed by atoms with Gasteiger partial charge in [-0.1, -0.05) is 0 Å². The third-order valence-corrected chi connectivity index (χ3v) is 8.37. The molecule has 4 aliphatic carbocycles. The number of hydrogen-bond donors (Lipinski definition) is 2. The Bertz CT molecular complexity index is 809. The van der Waals surface area contributed by atoms with E-state index in [-0.39, 0.29) is 29.0 Å². The van der Waals surface area contributed by atoms with Crippen LogP contribution in [0.5, 0.6) is 11.5 Å². The van der Waals surface area contributed by atoms with E-state index in [1.54, 1.807) is 31.2 Å². The van der Waals surface area contributed by atoms with E-state index in [0.717, 1.165) is 30.6 Å². The molecule has 0 radical (unpaired) electrons. The Labute approximate surface area is 190 Å². The molecule has 1 atom stereocenters. The number of amides is 2. The number of hydrogen-bond acceptors (Lipinski definition) is 4. The first kappa shape index (κ1) is 21.6. The summed E-state index contributed by atoms with van der Waals surface area (Å²) in [6.45, 7) is 3.05. The van der Waals surface area contributed by atoms with Crippen LogP contribution in [0.1, 0.15) is 64.7 Å². The summed E-state index contributed by atoms with van der Waals surface area (Å²) < 4.78 is 5.74. The molecule has 6 heteroatoms. The molecule has 0 spiro atoms. The summed E-state index contributed by atoms with van der Waals surface area (Å²) in [6, 6.07) is 6.57. The Hall–Kier alpha value is -2.24. The fourth-order valence-electron chi connectivity index (χ4n) is 7.41. The van der Waals surface area contributed by atoms with Gasteiger partial charge in [-0.3, -0.25) is 9.59 Å². The molecule has 1 aliphatic heterocycles. The van der Waals surface area contributed by atoms with E-state index in [1.165, 1.54) is 38.5 Å². The minimum atomic E-state index is -0.582. The highest BCUT2D eigenvalue weighted by molar-refractivity contribution is 5.81. The highest BCUT2D eigenvalue weighted by Crippen LogP contribution is 2.61. The molecule has 4 saturated carbocycles. The molecule has 6 rings (SSSR count). The summed E-state index contributed by atoms with van der Waals surface area (Å²) >= 11 is 0. The van der Waals surface area contributed by atoms with Crippen molar-refractivity contribution in [2.24, 2.45) is 23.2 Å². The molecular weight excluding hydrogens is 404 g/mol. The number of rotatable bonds is 6. The molecule has 2 amide bonds. The molecule has 1 aromatic carbocycles. The van der Waals surface area contributed by atoms with Gasteiger partial charge in [0.05, 0.1) is 0 Å². The van der Waals surface area contributed by atoms with Crippen LogP contribution in [0.25, 0.3) is 0 Å². The summed E-state index contributed by atoms with van der Waals surface area (Å²) in [7, 11) is 0. The molecule has 5 aliphatic rings. The average molecular weight is 441 g/mol. The van der Waals surface area contributed by atoms with Crippen LogP contribution in [0.3, 0.4) is 0 Å². The van der Waals surface area contributed by atoms with E-state index in [4.69, 9.17) is 4.74 Å². The number of phenols is 1. The number of carbonyl (C=O) groups is 2. The number of phenolic OH excluding ortho intramolecular Hbond substituents is 1. The summed E-state index contributed by atoms with van der Waals surface area (Å²) in [6.07, 6.45) is 9.71. The molecule has 5 fully saturated rings. The van der Waals surface area contributed by atoms with Crippen molar-refractivity contribution in [1.29, 1.82) is 0 Å². The number of aromatic hydroxyl groups is 1. The van der Waals surface area contributed by atoms with Crippen LogP contribution >= 0.6 is 0 Å². The third kappa shape index (κ3) is 4.60. The predicted octanol–water partition coefficient (Wildman–Crippen LogP) is 3.87. The molecule has 4 bridgehead atoms. The summed E-state index contributed by atoms with van der Waals surface area (Å²) in [5, 5.41) is 12.7. The summed E-state index contributed by atoms with van der Waals surface area (Å²) in [5.74, 6) is 3.54. The van der Waals surface area contributed by atoms with Crippen LogP contribution in [0.15, 0.2) is 24.3 Å². The molecule has 32 heavy (non-hydrogen) atoms. The quantitative estimate of drug-likeness (QED) is 0.704. The zero-order valence-corrected chi connectivity index (χ0v) is 19.1. The maximum atomic E-state index is 12.9. The molecule has 174 valence electrons. The van der Waals surface area contributed by atoms with E-state index < -0.39 is 6.10 Å². The number of likely N-dealkylation sites (tertiary alicyclic amines) is 1. The van der Waals surface area contributed by atoms with Crippen molar-refractivity contribution in [2.75, 3.05) is 13.1 Å². The number of piperidine rings is 1. The number of carbonyl (C=O) groups excluding carboxylic acids is 2. The predicted molar refractivity (Wildman–Crippen MR) is 121 cm³/mol. The van der Waals surface area contributed by atoms with Crippen molar-refractivity contribution in [1.82, 2.24) is 10.2 Å². The Morgan fingerprint density at radius 1 is 1.06 bits per heavy atom. The standard InChI is InChI=1S/C26H36N2O4/c1-17(32-23-4-2-22(29)3-5-23)25(31)28-8-6-21(7-9-28)27-24(30)16-26-13-18-10-19(14-26)12-20(11-18)15-26/h2-5,17-21,29H,6-16H2,1H3,(H,27,30). The monoisotopic (exact) mass is 440 g/mol. The second-order valence-corrected chi connectivity index (χ2v) is 11.0. The van der Waals surface area contributed by atoms with Crippen molar-refractivity contribution in [2.45, 2.75) is 76.9 Å². The lowest BCUT2D eigenvalue weighted by atomic mass is 9.49. The van der Waals surface area contributed by atoms with Crippen LogP contribution in [-0.2, 0) is 9.59 Å². The molecule has 1 unspecified atom stereocenters. The zero-order chi connectivity index (χ0) is 22.3. The van der Waals surface area contributed by atoms with E-state index in [1.807, 2.05) is 4.90 Å². The molecule has 1 saturated heterocycles. The Balaban J connectivity index is 1.07. The van der Waals surface area contributed by atoms with Gasteiger partial charge in [0.2, 0.25) is 5.91 Å². The van der Waals surface area contributed by atoms with Gasteiger partial charge in [0.15, 0.2) is 6.10 Å². The molecular formula is C26H36N2O4. The number of nitrogens with zero attached hydrogens (tertiary/aromatic N) is 1. The van der Waals surface area contributed by atoms with Crippen molar-refractivity contribution in [3.05, 3.63) is 24.3 Å². The molecule has 0 aromatic heterocycles. The van der Waals surface area contributed by atoms with E-state index in [2.05, 4.69) is 5.32 Å². The zero-order valence-electron chi connectivity index (χ0n) is 19.1. The Morgan fingerprint density at radius 2 is 1.62 bits per heavy atom. The fourth-order valence-corrected chi connectivity index (χ4v) is 7.41. The lowest BCUT2D eigenvalue weighted by Gasteiger charge is -2.56. The van der Waals surface area contributed by atoms with E-state index in [0.29, 0.717) is 25.3 Å². The van der Waals surface area contributed by atoms with Crippen LogP contribution < -0.4 is 10.1 Å². The number of nitrogens with one attached hydrogen (secondary N) is 1. The van der Waals surface area contributed by atoms with Crippen molar-refractivity contribution >= 4 is 11.8 Å². The SMILES string of the molecule is CC(Oc1ccc(O)cc1)C(=O)N1CCC(NC(=O)CC23CC4CC(CC(C4)C2)C3)CC1. The molecule has 1 heterocycles. The van der Waals surface area contributed by atoms with Gasteiger partial charge in [-0.2, -0.15) is 0 Å². The van der Waals surface area contributed by atoms with Gasteiger partial charge in [0.1, 0.15) is 11.5 Å². The maximum absolute atomic E-state index is 12.9. The number of benzene rings is 1. The largest absolute Gasteiger partial charge is 0.508 e.